The molecule has 0 saturated heterocycles. The molecule has 116 valence electrons. The average Bonchev–Trinajstić information content (AvgIpc) is 3.01. The van der Waals surface area contributed by atoms with E-state index in [1.54, 1.807) is 12.1 Å². The van der Waals surface area contributed by atoms with E-state index in [-0.39, 0.29) is 11.9 Å². The maximum atomic E-state index is 11.6. The number of amides is 1. The molecule has 7 nitrogen and oxygen atoms in total. The van der Waals surface area contributed by atoms with Crippen LogP contribution in [-0.2, 0) is 4.79 Å². The first kappa shape index (κ1) is 14.4. The van der Waals surface area contributed by atoms with Gasteiger partial charge >= 0.3 is 6.01 Å². The number of nitrogens with zero attached hydrogens (tertiary/aromatic N) is 2. The van der Waals surface area contributed by atoms with Crippen LogP contribution in [0.1, 0.15) is 26.2 Å². The highest BCUT2D eigenvalue weighted by molar-refractivity contribution is 5.88. The molecule has 1 aliphatic heterocycles. The van der Waals surface area contributed by atoms with E-state index in [0.29, 0.717) is 42.6 Å². The molecule has 2 heterocycles. The molecule has 0 unspecified atom stereocenters. The number of carbonyl (C=O) groups is 1. The number of carbonyl (C=O) groups excluding carboxylic acids is 1. The third-order valence-corrected chi connectivity index (χ3v) is 3.22. The Kier molecular flexibility index (Phi) is 4.22. The second-order valence-corrected chi connectivity index (χ2v) is 4.92. The lowest BCUT2D eigenvalue weighted by Crippen LogP contribution is -2.15. The van der Waals surface area contributed by atoms with Gasteiger partial charge in [0.15, 0.2) is 11.5 Å². The fourth-order valence-electron chi connectivity index (χ4n) is 2.09. The number of fused-ring (bicyclic) bond motifs is 1. The lowest BCUT2D eigenvalue weighted by Gasteiger charge is -2.18. The Labute approximate surface area is 127 Å². The number of hydrogen-bond acceptors (Lipinski definition) is 6. The van der Waals surface area contributed by atoms with Gasteiger partial charge in [-0.1, -0.05) is 18.4 Å². The molecule has 0 radical (unpaired) electrons. The number of anilines is 1. The van der Waals surface area contributed by atoms with E-state index in [1.165, 1.54) is 0 Å². The Bertz CT molecular complexity index is 669. The van der Waals surface area contributed by atoms with E-state index in [4.69, 9.17) is 13.9 Å². The van der Waals surface area contributed by atoms with Crippen molar-refractivity contribution in [3.63, 3.8) is 0 Å². The van der Waals surface area contributed by atoms with Crippen LogP contribution in [0, 0.1) is 0 Å². The second kappa shape index (κ2) is 6.46. The van der Waals surface area contributed by atoms with E-state index in [2.05, 4.69) is 15.5 Å². The molecule has 7 heteroatoms. The largest absolute Gasteiger partial charge is 0.486 e. The van der Waals surface area contributed by atoms with Gasteiger partial charge in [-0.25, -0.2) is 0 Å². The number of hydrogen-bond donors (Lipinski definition) is 1. The van der Waals surface area contributed by atoms with Crippen LogP contribution in [0.4, 0.5) is 6.01 Å². The van der Waals surface area contributed by atoms with Crippen LogP contribution in [0.3, 0.4) is 0 Å². The fraction of sp³-hybridized carbons (Fsp3) is 0.400. The molecule has 0 bridgehead atoms. The van der Waals surface area contributed by atoms with Gasteiger partial charge in [0.1, 0.15) is 13.2 Å². The molecular formula is C15H17N3O4. The smallest absolute Gasteiger partial charge is 0.322 e. The van der Waals surface area contributed by atoms with Crippen molar-refractivity contribution >= 4 is 11.9 Å². The second-order valence-electron chi connectivity index (χ2n) is 4.92. The molecule has 0 atom stereocenters. The zero-order valence-corrected chi connectivity index (χ0v) is 12.3. The number of ether oxygens (including phenoxy) is 2. The summed E-state index contributed by atoms with van der Waals surface area (Å²) < 4.78 is 16.4. The number of benzene rings is 1. The number of aromatic nitrogens is 2. The fourth-order valence-corrected chi connectivity index (χ4v) is 2.09. The molecule has 0 aliphatic carbocycles. The summed E-state index contributed by atoms with van der Waals surface area (Å²) in [5.41, 5.74) is 0.714. The van der Waals surface area contributed by atoms with E-state index in [1.807, 2.05) is 13.0 Å². The Morgan fingerprint density at radius 1 is 1.23 bits per heavy atom. The summed E-state index contributed by atoms with van der Waals surface area (Å²) in [4.78, 5) is 11.6. The predicted molar refractivity (Wildman–Crippen MR) is 78.9 cm³/mol. The monoisotopic (exact) mass is 303 g/mol. The zero-order chi connectivity index (χ0) is 15.4. The SMILES string of the molecule is CCCCC(=O)Nc1nnc(-c2ccc3c(c2)OCCO3)o1. The highest BCUT2D eigenvalue weighted by Gasteiger charge is 2.16. The topological polar surface area (TPSA) is 86.5 Å². The lowest BCUT2D eigenvalue weighted by molar-refractivity contribution is -0.116. The summed E-state index contributed by atoms with van der Waals surface area (Å²) in [6, 6.07) is 5.49. The highest BCUT2D eigenvalue weighted by atomic mass is 16.6. The van der Waals surface area contributed by atoms with Gasteiger partial charge in [-0.05, 0) is 24.6 Å². The van der Waals surface area contributed by atoms with Gasteiger partial charge in [-0.15, -0.1) is 5.10 Å². The number of rotatable bonds is 5. The van der Waals surface area contributed by atoms with E-state index in [0.717, 1.165) is 12.8 Å². The standard InChI is InChI=1S/C15H17N3O4/c1-2-3-4-13(19)16-15-18-17-14(22-15)10-5-6-11-12(9-10)21-8-7-20-11/h5-6,9H,2-4,7-8H2,1H3,(H,16,18,19). The Balaban J connectivity index is 1.72. The number of nitrogens with one attached hydrogen (secondary N) is 1. The lowest BCUT2D eigenvalue weighted by atomic mass is 10.2. The molecule has 1 N–H and O–H groups in total. The van der Waals surface area contributed by atoms with Gasteiger partial charge in [-0.2, -0.15) is 0 Å². The molecule has 22 heavy (non-hydrogen) atoms. The van der Waals surface area contributed by atoms with Gasteiger partial charge in [0, 0.05) is 12.0 Å². The Hall–Kier alpha value is -2.57. The molecule has 0 saturated carbocycles. The van der Waals surface area contributed by atoms with Crippen LogP contribution >= 0.6 is 0 Å². The van der Waals surface area contributed by atoms with Crippen molar-refractivity contribution < 1.29 is 18.7 Å². The van der Waals surface area contributed by atoms with Gasteiger partial charge in [-0.3, -0.25) is 10.1 Å². The van der Waals surface area contributed by atoms with Crippen LogP contribution in [-0.4, -0.2) is 29.3 Å². The summed E-state index contributed by atoms with van der Waals surface area (Å²) in [7, 11) is 0. The van der Waals surface area contributed by atoms with Crippen LogP contribution in [0.5, 0.6) is 11.5 Å². The minimum absolute atomic E-state index is 0.103. The van der Waals surface area contributed by atoms with Crippen molar-refractivity contribution in [1.82, 2.24) is 10.2 Å². The van der Waals surface area contributed by atoms with Crippen molar-refractivity contribution in [1.29, 1.82) is 0 Å². The van der Waals surface area contributed by atoms with Gasteiger partial charge in [0.2, 0.25) is 11.8 Å². The molecule has 1 aromatic heterocycles. The van der Waals surface area contributed by atoms with Crippen LogP contribution in [0.25, 0.3) is 11.5 Å². The van der Waals surface area contributed by atoms with E-state index >= 15 is 0 Å². The van der Waals surface area contributed by atoms with Crippen LogP contribution < -0.4 is 14.8 Å². The van der Waals surface area contributed by atoms with Crippen molar-refractivity contribution in [2.75, 3.05) is 18.5 Å². The van der Waals surface area contributed by atoms with Crippen molar-refractivity contribution in [3.8, 4) is 23.0 Å². The first-order valence-corrected chi connectivity index (χ1v) is 7.29. The Morgan fingerprint density at radius 3 is 2.86 bits per heavy atom. The summed E-state index contributed by atoms with van der Waals surface area (Å²) >= 11 is 0. The molecule has 2 aromatic rings. The molecule has 1 amide bonds. The zero-order valence-electron chi connectivity index (χ0n) is 12.3. The average molecular weight is 303 g/mol. The normalized spacial score (nSPS) is 13.0. The van der Waals surface area contributed by atoms with Gasteiger partial charge in [0.05, 0.1) is 0 Å². The minimum atomic E-state index is -0.126. The first-order chi connectivity index (χ1) is 10.8. The third kappa shape index (κ3) is 3.19. The van der Waals surface area contributed by atoms with Gasteiger partial charge < -0.3 is 13.9 Å². The molecule has 0 fully saturated rings. The molecule has 1 aromatic carbocycles. The van der Waals surface area contributed by atoms with Crippen molar-refractivity contribution in [3.05, 3.63) is 18.2 Å². The molecule has 1 aliphatic rings. The highest BCUT2D eigenvalue weighted by Crippen LogP contribution is 2.34. The predicted octanol–water partition coefficient (Wildman–Crippen LogP) is 2.64. The molecule has 3 rings (SSSR count). The summed E-state index contributed by atoms with van der Waals surface area (Å²) in [6.45, 7) is 3.08. The first-order valence-electron chi connectivity index (χ1n) is 7.29. The van der Waals surface area contributed by atoms with Crippen LogP contribution in [0.15, 0.2) is 22.6 Å². The summed E-state index contributed by atoms with van der Waals surface area (Å²) in [5, 5.41) is 10.4. The Morgan fingerprint density at radius 2 is 2.05 bits per heavy atom. The maximum absolute atomic E-state index is 11.6. The minimum Gasteiger partial charge on any atom is -0.486 e. The van der Waals surface area contributed by atoms with Crippen molar-refractivity contribution in [2.45, 2.75) is 26.2 Å². The van der Waals surface area contributed by atoms with E-state index < -0.39 is 0 Å². The van der Waals surface area contributed by atoms with E-state index in [9.17, 15) is 4.79 Å². The quantitative estimate of drug-likeness (QED) is 0.913. The molecule has 0 spiro atoms. The van der Waals surface area contributed by atoms with Crippen LogP contribution in [0.2, 0.25) is 0 Å². The maximum Gasteiger partial charge on any atom is 0.322 e. The third-order valence-electron chi connectivity index (χ3n) is 3.22. The summed E-state index contributed by atoms with van der Waals surface area (Å²) in [6.07, 6.45) is 2.23. The van der Waals surface area contributed by atoms with Crippen molar-refractivity contribution in [2.24, 2.45) is 0 Å². The molecular weight excluding hydrogens is 286 g/mol. The number of unbranched alkanes of at least 4 members (excludes halogenated alkanes) is 1. The van der Waals surface area contributed by atoms with Gasteiger partial charge in [0.25, 0.3) is 0 Å². The summed E-state index contributed by atoms with van der Waals surface area (Å²) in [5.74, 6) is 1.54.